The third-order valence-electron chi connectivity index (χ3n) is 2.21. The average Bonchev–Trinajstić information content (AvgIpc) is 2.28. The van der Waals surface area contributed by atoms with Gasteiger partial charge in [-0.15, -0.1) is 0 Å². The number of carbonyl (C=O) groups is 1. The van der Waals surface area contributed by atoms with Crippen LogP contribution in [-0.2, 0) is 14.3 Å². The van der Waals surface area contributed by atoms with Gasteiger partial charge >= 0.3 is 0 Å². The molecule has 5 nitrogen and oxygen atoms in total. The van der Waals surface area contributed by atoms with Crippen LogP contribution in [0.1, 0.15) is 13.3 Å². The van der Waals surface area contributed by atoms with Gasteiger partial charge in [-0.05, 0) is 6.92 Å². The smallest absolute Gasteiger partial charge is 0.222 e. The van der Waals surface area contributed by atoms with E-state index < -0.39 is 0 Å². The lowest BCUT2D eigenvalue weighted by atomic mass is 10.3. The van der Waals surface area contributed by atoms with Crippen LogP contribution in [0, 0.1) is 0 Å². The predicted molar refractivity (Wildman–Crippen MR) is 56.7 cm³/mol. The van der Waals surface area contributed by atoms with E-state index in [1.54, 1.807) is 0 Å². The molecule has 1 aliphatic heterocycles. The topological polar surface area (TPSA) is 59.6 Å². The van der Waals surface area contributed by atoms with E-state index in [0.29, 0.717) is 26.2 Å². The number of carbonyl (C=O) groups excluding carboxylic acids is 1. The fourth-order valence-corrected chi connectivity index (χ4v) is 1.38. The van der Waals surface area contributed by atoms with Gasteiger partial charge in [0.15, 0.2) is 0 Å². The first-order valence-electron chi connectivity index (χ1n) is 5.49. The fourth-order valence-electron chi connectivity index (χ4n) is 1.38. The minimum Gasteiger partial charge on any atom is -0.381 e. The first kappa shape index (κ1) is 12.4. The van der Waals surface area contributed by atoms with Crippen molar-refractivity contribution in [2.24, 2.45) is 0 Å². The van der Waals surface area contributed by atoms with Gasteiger partial charge in [-0.1, -0.05) is 0 Å². The molecule has 0 radical (unpaired) electrons. The molecule has 0 aromatic rings. The van der Waals surface area contributed by atoms with Gasteiger partial charge in [0.2, 0.25) is 5.91 Å². The van der Waals surface area contributed by atoms with Crippen LogP contribution in [-0.4, -0.2) is 51.5 Å². The Morgan fingerprint density at radius 3 is 3.20 bits per heavy atom. The Kier molecular flexibility index (Phi) is 6.31. The van der Waals surface area contributed by atoms with Gasteiger partial charge in [0.1, 0.15) is 0 Å². The molecule has 1 fully saturated rings. The Morgan fingerprint density at radius 2 is 2.53 bits per heavy atom. The molecule has 1 heterocycles. The summed E-state index contributed by atoms with van der Waals surface area (Å²) in [6.07, 6.45) is 0.531. The maximum Gasteiger partial charge on any atom is 0.222 e. The minimum atomic E-state index is 0.0256. The highest BCUT2D eigenvalue weighted by Gasteiger charge is 2.13. The van der Waals surface area contributed by atoms with Crippen LogP contribution in [0.15, 0.2) is 0 Å². The van der Waals surface area contributed by atoms with E-state index in [0.717, 1.165) is 19.7 Å². The zero-order valence-corrected chi connectivity index (χ0v) is 9.25. The summed E-state index contributed by atoms with van der Waals surface area (Å²) in [6, 6.07) is 0. The second-order valence-corrected chi connectivity index (χ2v) is 3.45. The first-order chi connectivity index (χ1) is 7.33. The lowest BCUT2D eigenvalue weighted by Crippen LogP contribution is -2.45. The molecule has 1 unspecified atom stereocenters. The molecular weight excluding hydrogens is 196 g/mol. The van der Waals surface area contributed by atoms with Crippen molar-refractivity contribution in [3.05, 3.63) is 0 Å². The Bertz CT molecular complexity index is 182. The molecule has 0 aromatic heterocycles. The lowest BCUT2D eigenvalue weighted by molar-refractivity contribution is -0.122. The molecule has 1 aliphatic rings. The molecule has 0 spiro atoms. The third kappa shape index (κ3) is 5.71. The number of nitrogens with one attached hydrogen (secondary N) is 2. The summed E-state index contributed by atoms with van der Waals surface area (Å²) in [6.45, 7) is 6.08. The molecule has 0 aliphatic carbocycles. The van der Waals surface area contributed by atoms with Crippen molar-refractivity contribution in [1.82, 2.24) is 10.6 Å². The van der Waals surface area contributed by atoms with E-state index in [9.17, 15) is 4.79 Å². The van der Waals surface area contributed by atoms with Crippen LogP contribution >= 0.6 is 0 Å². The zero-order valence-electron chi connectivity index (χ0n) is 9.25. The number of morpholine rings is 1. The first-order valence-corrected chi connectivity index (χ1v) is 5.49. The Morgan fingerprint density at radius 1 is 1.67 bits per heavy atom. The van der Waals surface area contributed by atoms with Crippen molar-refractivity contribution in [1.29, 1.82) is 0 Å². The summed E-state index contributed by atoms with van der Waals surface area (Å²) in [7, 11) is 0. The molecule has 1 saturated heterocycles. The van der Waals surface area contributed by atoms with Crippen molar-refractivity contribution < 1.29 is 14.3 Å². The van der Waals surface area contributed by atoms with Crippen LogP contribution in [0.2, 0.25) is 0 Å². The highest BCUT2D eigenvalue weighted by Crippen LogP contribution is 1.94. The fraction of sp³-hybridized carbons (Fsp3) is 0.900. The van der Waals surface area contributed by atoms with E-state index in [-0.39, 0.29) is 12.0 Å². The lowest BCUT2D eigenvalue weighted by Gasteiger charge is -2.23. The molecule has 1 rings (SSSR count). The number of hydrogen-bond acceptors (Lipinski definition) is 4. The number of hydrogen-bond donors (Lipinski definition) is 2. The van der Waals surface area contributed by atoms with Crippen molar-refractivity contribution in [2.45, 2.75) is 19.4 Å². The summed E-state index contributed by atoms with van der Waals surface area (Å²) < 4.78 is 10.5. The normalized spacial score (nSPS) is 21.3. The number of ether oxygens (including phenoxy) is 2. The summed E-state index contributed by atoms with van der Waals surface area (Å²) in [4.78, 5) is 11.3. The monoisotopic (exact) mass is 216 g/mol. The SMILES string of the molecule is CCOCCC(=O)NCC1CNCCO1. The van der Waals surface area contributed by atoms with E-state index in [1.165, 1.54) is 0 Å². The predicted octanol–water partition coefficient (Wildman–Crippen LogP) is -0.482. The van der Waals surface area contributed by atoms with E-state index in [4.69, 9.17) is 9.47 Å². The zero-order chi connectivity index (χ0) is 10.9. The average molecular weight is 216 g/mol. The van der Waals surface area contributed by atoms with E-state index in [2.05, 4.69) is 10.6 Å². The van der Waals surface area contributed by atoms with Crippen LogP contribution in [0.4, 0.5) is 0 Å². The van der Waals surface area contributed by atoms with Crippen LogP contribution in [0.3, 0.4) is 0 Å². The van der Waals surface area contributed by atoms with E-state index >= 15 is 0 Å². The van der Waals surface area contributed by atoms with Crippen molar-refractivity contribution in [3.8, 4) is 0 Å². The van der Waals surface area contributed by atoms with Gasteiger partial charge in [0, 0.05) is 32.7 Å². The summed E-state index contributed by atoms with van der Waals surface area (Å²) >= 11 is 0. The molecule has 0 saturated carbocycles. The van der Waals surface area contributed by atoms with Crippen LogP contribution in [0.5, 0.6) is 0 Å². The highest BCUT2D eigenvalue weighted by molar-refractivity contribution is 5.75. The highest BCUT2D eigenvalue weighted by atomic mass is 16.5. The maximum atomic E-state index is 11.3. The Hall–Kier alpha value is -0.650. The van der Waals surface area contributed by atoms with Gasteiger partial charge in [-0.2, -0.15) is 0 Å². The molecule has 2 N–H and O–H groups in total. The van der Waals surface area contributed by atoms with E-state index in [1.807, 2.05) is 6.92 Å². The molecule has 15 heavy (non-hydrogen) atoms. The standard InChI is InChI=1S/C10H20N2O3/c1-2-14-5-3-10(13)12-8-9-7-11-4-6-15-9/h9,11H,2-8H2,1H3,(H,12,13). The summed E-state index contributed by atoms with van der Waals surface area (Å²) in [5.74, 6) is 0.0256. The quantitative estimate of drug-likeness (QED) is 0.589. The Balaban J connectivity index is 2.00. The van der Waals surface area contributed by atoms with Crippen molar-refractivity contribution in [3.63, 3.8) is 0 Å². The molecule has 1 atom stereocenters. The molecule has 5 heteroatoms. The molecule has 88 valence electrons. The van der Waals surface area contributed by atoms with Crippen LogP contribution < -0.4 is 10.6 Å². The second kappa shape index (κ2) is 7.62. The Labute approximate surface area is 90.5 Å². The molecule has 0 bridgehead atoms. The van der Waals surface area contributed by atoms with Gasteiger partial charge in [-0.25, -0.2) is 0 Å². The second-order valence-electron chi connectivity index (χ2n) is 3.45. The van der Waals surface area contributed by atoms with Gasteiger partial charge in [0.05, 0.1) is 19.3 Å². The molecule has 0 aromatic carbocycles. The van der Waals surface area contributed by atoms with Crippen molar-refractivity contribution >= 4 is 5.91 Å². The maximum absolute atomic E-state index is 11.3. The number of amides is 1. The summed E-state index contributed by atoms with van der Waals surface area (Å²) in [5, 5.41) is 6.04. The largest absolute Gasteiger partial charge is 0.381 e. The minimum absolute atomic E-state index is 0.0256. The van der Waals surface area contributed by atoms with Gasteiger partial charge in [0.25, 0.3) is 0 Å². The van der Waals surface area contributed by atoms with Gasteiger partial charge < -0.3 is 20.1 Å². The third-order valence-corrected chi connectivity index (χ3v) is 2.21. The van der Waals surface area contributed by atoms with Gasteiger partial charge in [-0.3, -0.25) is 4.79 Å². The number of rotatable bonds is 6. The van der Waals surface area contributed by atoms with Crippen molar-refractivity contribution in [2.75, 3.05) is 39.5 Å². The summed E-state index contributed by atoms with van der Waals surface area (Å²) in [5.41, 5.74) is 0. The van der Waals surface area contributed by atoms with Crippen LogP contribution in [0.25, 0.3) is 0 Å². The molecule has 1 amide bonds. The molecular formula is C10H20N2O3.